The van der Waals surface area contributed by atoms with E-state index in [4.69, 9.17) is 0 Å². The standard InChI is InChI=1S/C14H19BrN2/c15-14-5-9-3-10(6-14)13(11(4-9)7-14)17-12-1-2-16-8-12/h1-2,8-11,13,16-17H,3-7H2. The van der Waals surface area contributed by atoms with Gasteiger partial charge in [0.2, 0.25) is 0 Å². The van der Waals surface area contributed by atoms with E-state index in [-0.39, 0.29) is 0 Å². The Morgan fingerprint density at radius 2 is 2.00 bits per heavy atom. The minimum atomic E-state index is 0.500. The van der Waals surface area contributed by atoms with Gasteiger partial charge < -0.3 is 10.3 Å². The molecular formula is C14H19BrN2. The largest absolute Gasteiger partial charge is 0.381 e. The first kappa shape index (κ1) is 10.5. The molecule has 4 aliphatic carbocycles. The smallest absolute Gasteiger partial charge is 0.0520 e. The van der Waals surface area contributed by atoms with Gasteiger partial charge in [0.1, 0.15) is 0 Å². The summed E-state index contributed by atoms with van der Waals surface area (Å²) in [5, 5.41) is 3.77. The third-order valence-electron chi connectivity index (χ3n) is 5.13. The van der Waals surface area contributed by atoms with Crippen molar-refractivity contribution < 1.29 is 0 Å². The van der Waals surface area contributed by atoms with Gasteiger partial charge in [0.05, 0.1) is 5.69 Å². The molecular weight excluding hydrogens is 276 g/mol. The molecule has 1 aromatic rings. The van der Waals surface area contributed by atoms with Crippen molar-refractivity contribution in [3.63, 3.8) is 0 Å². The van der Waals surface area contributed by atoms with Crippen molar-refractivity contribution >= 4 is 21.6 Å². The Morgan fingerprint density at radius 1 is 1.24 bits per heavy atom. The van der Waals surface area contributed by atoms with Gasteiger partial charge in [0, 0.05) is 22.8 Å². The van der Waals surface area contributed by atoms with Crippen LogP contribution in [0, 0.1) is 17.8 Å². The Labute approximate surface area is 111 Å². The summed E-state index contributed by atoms with van der Waals surface area (Å²) in [5.41, 5.74) is 1.27. The van der Waals surface area contributed by atoms with Crippen LogP contribution in [0.25, 0.3) is 0 Å². The van der Waals surface area contributed by atoms with E-state index in [1.165, 1.54) is 37.8 Å². The van der Waals surface area contributed by atoms with Crippen LogP contribution < -0.4 is 5.32 Å². The molecule has 2 nitrogen and oxygen atoms in total. The first-order valence-electron chi connectivity index (χ1n) is 6.80. The van der Waals surface area contributed by atoms with E-state index in [0.29, 0.717) is 10.4 Å². The molecule has 4 bridgehead atoms. The Bertz CT molecular complexity index is 398. The lowest BCUT2D eigenvalue weighted by Gasteiger charge is -2.58. The molecule has 0 saturated heterocycles. The monoisotopic (exact) mass is 294 g/mol. The molecule has 0 amide bonds. The van der Waals surface area contributed by atoms with Gasteiger partial charge in [-0.3, -0.25) is 0 Å². The zero-order chi connectivity index (χ0) is 11.5. The van der Waals surface area contributed by atoms with Gasteiger partial charge in [-0.1, -0.05) is 15.9 Å². The molecule has 17 heavy (non-hydrogen) atoms. The maximum Gasteiger partial charge on any atom is 0.0520 e. The number of aromatic nitrogens is 1. The highest BCUT2D eigenvalue weighted by molar-refractivity contribution is 9.10. The highest BCUT2D eigenvalue weighted by Crippen LogP contribution is 2.59. The van der Waals surface area contributed by atoms with Crippen LogP contribution in [0.5, 0.6) is 0 Å². The Hall–Kier alpha value is -0.440. The van der Waals surface area contributed by atoms with E-state index in [1.807, 2.05) is 6.20 Å². The highest BCUT2D eigenvalue weighted by Gasteiger charge is 2.54. The normalized spacial score (nSPS) is 47.4. The topological polar surface area (TPSA) is 27.8 Å². The zero-order valence-electron chi connectivity index (χ0n) is 9.95. The van der Waals surface area contributed by atoms with Crippen LogP contribution in [0.15, 0.2) is 18.5 Å². The number of aromatic amines is 1. The SMILES string of the molecule is BrC12CC3CC(C1)C(Nc1cc[nH]c1)C(C3)C2. The van der Waals surface area contributed by atoms with Crippen molar-refractivity contribution in [1.29, 1.82) is 0 Å². The van der Waals surface area contributed by atoms with Crippen molar-refractivity contribution in [2.24, 2.45) is 17.8 Å². The number of rotatable bonds is 2. The maximum absolute atomic E-state index is 4.03. The van der Waals surface area contributed by atoms with Crippen LogP contribution in [0.4, 0.5) is 5.69 Å². The van der Waals surface area contributed by atoms with Gasteiger partial charge in [-0.2, -0.15) is 0 Å². The summed E-state index contributed by atoms with van der Waals surface area (Å²) >= 11 is 4.03. The molecule has 4 saturated carbocycles. The fourth-order valence-corrected chi connectivity index (χ4v) is 6.06. The molecule has 92 valence electrons. The summed E-state index contributed by atoms with van der Waals surface area (Å²) in [5.74, 6) is 2.77. The van der Waals surface area contributed by atoms with Crippen LogP contribution >= 0.6 is 15.9 Å². The fraction of sp³-hybridized carbons (Fsp3) is 0.714. The van der Waals surface area contributed by atoms with Crippen molar-refractivity contribution in [2.45, 2.75) is 42.5 Å². The van der Waals surface area contributed by atoms with Gasteiger partial charge in [-0.05, 0) is 55.9 Å². The van der Waals surface area contributed by atoms with Crippen molar-refractivity contribution in [1.82, 2.24) is 4.98 Å². The predicted molar refractivity (Wildman–Crippen MR) is 73.4 cm³/mol. The highest BCUT2D eigenvalue weighted by atomic mass is 79.9. The molecule has 3 heteroatoms. The summed E-state index contributed by atoms with van der Waals surface area (Å²) in [6, 6.07) is 2.86. The van der Waals surface area contributed by atoms with Gasteiger partial charge in [0.15, 0.2) is 0 Å². The predicted octanol–water partition coefficient (Wildman–Crippen LogP) is 3.77. The quantitative estimate of drug-likeness (QED) is 0.799. The van der Waals surface area contributed by atoms with Crippen molar-refractivity contribution in [3.8, 4) is 0 Å². The van der Waals surface area contributed by atoms with E-state index in [0.717, 1.165) is 17.8 Å². The summed E-state index contributed by atoms with van der Waals surface area (Å²) in [7, 11) is 0. The fourth-order valence-electron chi connectivity index (χ4n) is 4.77. The van der Waals surface area contributed by atoms with Crippen molar-refractivity contribution in [2.75, 3.05) is 5.32 Å². The third kappa shape index (κ3) is 1.66. The molecule has 0 aliphatic heterocycles. The molecule has 1 heterocycles. The van der Waals surface area contributed by atoms with Crippen LogP contribution in [0.3, 0.4) is 0 Å². The number of nitrogens with one attached hydrogen (secondary N) is 2. The maximum atomic E-state index is 4.03. The van der Waals surface area contributed by atoms with E-state index in [1.54, 1.807) is 0 Å². The third-order valence-corrected chi connectivity index (χ3v) is 6.10. The van der Waals surface area contributed by atoms with Gasteiger partial charge in [0.25, 0.3) is 0 Å². The Kier molecular flexibility index (Phi) is 2.18. The minimum absolute atomic E-state index is 0.500. The summed E-state index contributed by atoms with van der Waals surface area (Å²) in [6.45, 7) is 0. The number of anilines is 1. The first-order chi connectivity index (χ1) is 8.22. The lowest BCUT2D eigenvalue weighted by atomic mass is 9.54. The molecule has 2 atom stereocenters. The average Bonchev–Trinajstić information content (AvgIpc) is 2.73. The molecule has 0 spiro atoms. The lowest BCUT2D eigenvalue weighted by Crippen LogP contribution is -2.56. The Morgan fingerprint density at radius 3 is 2.59 bits per heavy atom. The zero-order valence-corrected chi connectivity index (χ0v) is 11.5. The number of halogens is 1. The van der Waals surface area contributed by atoms with Gasteiger partial charge in [-0.25, -0.2) is 0 Å². The van der Waals surface area contributed by atoms with Gasteiger partial charge >= 0.3 is 0 Å². The molecule has 0 radical (unpaired) electrons. The lowest BCUT2D eigenvalue weighted by molar-refractivity contribution is 0.0281. The second-order valence-corrected chi connectivity index (χ2v) is 8.07. The van der Waals surface area contributed by atoms with Crippen LogP contribution in [0.1, 0.15) is 32.1 Å². The molecule has 2 N–H and O–H groups in total. The van der Waals surface area contributed by atoms with E-state index >= 15 is 0 Å². The summed E-state index contributed by atoms with van der Waals surface area (Å²) in [4.78, 5) is 3.14. The van der Waals surface area contributed by atoms with E-state index in [2.05, 4.69) is 38.5 Å². The second-order valence-electron chi connectivity index (χ2n) is 6.39. The first-order valence-corrected chi connectivity index (χ1v) is 7.59. The summed E-state index contributed by atoms with van der Waals surface area (Å²) < 4.78 is 0.500. The molecule has 4 aliphatic rings. The average molecular weight is 295 g/mol. The number of hydrogen-bond donors (Lipinski definition) is 2. The van der Waals surface area contributed by atoms with E-state index in [9.17, 15) is 0 Å². The minimum Gasteiger partial charge on any atom is -0.381 e. The Balaban J connectivity index is 1.58. The molecule has 2 unspecified atom stereocenters. The molecule has 4 fully saturated rings. The second kappa shape index (κ2) is 3.53. The van der Waals surface area contributed by atoms with Crippen LogP contribution in [-0.4, -0.2) is 15.4 Å². The molecule has 1 aromatic heterocycles. The number of H-pyrrole nitrogens is 1. The molecule has 5 rings (SSSR count). The molecule has 0 aromatic carbocycles. The number of alkyl halides is 1. The van der Waals surface area contributed by atoms with E-state index < -0.39 is 0 Å². The van der Waals surface area contributed by atoms with Crippen LogP contribution in [-0.2, 0) is 0 Å². The van der Waals surface area contributed by atoms with Crippen molar-refractivity contribution in [3.05, 3.63) is 18.5 Å². The summed E-state index contributed by atoms with van der Waals surface area (Å²) in [6.07, 6.45) is 11.2. The number of hydrogen-bond acceptors (Lipinski definition) is 1. The van der Waals surface area contributed by atoms with Gasteiger partial charge in [-0.15, -0.1) is 0 Å². The van der Waals surface area contributed by atoms with Crippen LogP contribution in [0.2, 0.25) is 0 Å².